The number of nitrogens with one attached hydrogen (secondary N) is 2. The number of aryl methyl sites for hydroxylation is 2. The summed E-state index contributed by atoms with van der Waals surface area (Å²) in [5.41, 5.74) is 4.83. The molecule has 2 saturated heterocycles. The molecule has 0 unspecified atom stereocenters. The van der Waals surface area contributed by atoms with Crippen molar-refractivity contribution < 1.29 is 14.6 Å². The number of carboxylic acid groups (broad SMARTS) is 1. The largest absolute Gasteiger partial charge is 0.465 e. The van der Waals surface area contributed by atoms with Crippen LogP contribution in [0, 0.1) is 13.8 Å². The molecule has 184 valence electrons. The van der Waals surface area contributed by atoms with Gasteiger partial charge in [-0.25, -0.2) is 4.79 Å². The van der Waals surface area contributed by atoms with E-state index in [1.165, 1.54) is 22.5 Å². The van der Waals surface area contributed by atoms with Crippen LogP contribution in [0.25, 0.3) is 0 Å². The topological polar surface area (TPSA) is 99.6 Å². The summed E-state index contributed by atoms with van der Waals surface area (Å²) in [4.78, 5) is 23.0. The van der Waals surface area contributed by atoms with Crippen molar-refractivity contribution in [2.45, 2.75) is 70.2 Å². The minimum atomic E-state index is -0.984. The Morgan fingerprint density at radius 2 is 1.71 bits per heavy atom. The highest BCUT2D eigenvalue weighted by Gasteiger charge is 2.35. The van der Waals surface area contributed by atoms with Crippen LogP contribution in [-0.2, 0) is 4.74 Å². The van der Waals surface area contributed by atoms with Gasteiger partial charge in [0.25, 0.3) is 0 Å². The van der Waals surface area contributed by atoms with Gasteiger partial charge in [0, 0.05) is 32.0 Å². The quantitative estimate of drug-likeness (QED) is 0.508. The predicted molar refractivity (Wildman–Crippen MR) is 131 cm³/mol. The Hall–Kier alpha value is -2.55. The molecule has 8 heteroatoms. The zero-order valence-corrected chi connectivity index (χ0v) is 20.2. The van der Waals surface area contributed by atoms with Crippen LogP contribution in [0.2, 0.25) is 0 Å². The second-order valence-electron chi connectivity index (χ2n) is 9.49. The molecule has 3 N–H and O–H groups in total. The van der Waals surface area contributed by atoms with E-state index in [-0.39, 0.29) is 24.2 Å². The molecule has 2 aliphatic rings. The number of rotatable bonds is 8. The van der Waals surface area contributed by atoms with Gasteiger partial charge in [-0.1, -0.05) is 12.1 Å². The molecule has 0 bridgehead atoms. The van der Waals surface area contributed by atoms with Gasteiger partial charge in [0.05, 0.1) is 42.2 Å². The minimum absolute atomic E-state index is 0.105. The highest BCUT2D eigenvalue weighted by Crippen LogP contribution is 2.41. The summed E-state index contributed by atoms with van der Waals surface area (Å²) >= 11 is 0. The van der Waals surface area contributed by atoms with Crippen molar-refractivity contribution in [1.29, 1.82) is 0 Å². The van der Waals surface area contributed by atoms with Crippen molar-refractivity contribution in [3.63, 3.8) is 0 Å². The van der Waals surface area contributed by atoms with Crippen molar-refractivity contribution in [2.24, 2.45) is 0 Å². The molecule has 4 atom stereocenters. The molecular weight excluding hydrogens is 430 g/mol. The summed E-state index contributed by atoms with van der Waals surface area (Å²) in [6.07, 6.45) is 7.97. The number of nitrogens with zero attached hydrogens (tertiary/aromatic N) is 3. The molecule has 0 aliphatic carbocycles. The first kappa shape index (κ1) is 24.6. The average Bonchev–Trinajstić information content (AvgIpc) is 2.83. The summed E-state index contributed by atoms with van der Waals surface area (Å²) < 4.78 is 5.87. The molecule has 0 radical (unpaired) electrons. The monoisotopic (exact) mass is 467 g/mol. The van der Waals surface area contributed by atoms with Gasteiger partial charge in [-0.15, -0.1) is 0 Å². The van der Waals surface area contributed by atoms with Crippen molar-refractivity contribution in [2.75, 3.05) is 26.2 Å². The smallest absolute Gasteiger partial charge is 0.404 e. The zero-order valence-electron chi connectivity index (χ0n) is 20.2. The summed E-state index contributed by atoms with van der Waals surface area (Å²) in [6, 6.07) is 8.77. The first-order chi connectivity index (χ1) is 16.5. The van der Waals surface area contributed by atoms with E-state index in [9.17, 15) is 4.79 Å². The second kappa shape index (κ2) is 11.7. The first-order valence-electron chi connectivity index (χ1n) is 12.4. The molecule has 0 saturated carbocycles. The van der Waals surface area contributed by atoms with Gasteiger partial charge in [0.1, 0.15) is 0 Å². The maximum Gasteiger partial charge on any atom is 0.404 e. The third kappa shape index (κ3) is 6.11. The van der Waals surface area contributed by atoms with Crippen molar-refractivity contribution in [1.82, 2.24) is 25.5 Å². The van der Waals surface area contributed by atoms with Gasteiger partial charge in [-0.05, 0) is 69.2 Å². The van der Waals surface area contributed by atoms with Gasteiger partial charge in [0.2, 0.25) is 0 Å². The zero-order chi connectivity index (χ0) is 23.9. The van der Waals surface area contributed by atoms with Crippen LogP contribution in [0.3, 0.4) is 0 Å². The Morgan fingerprint density at radius 1 is 1.06 bits per heavy atom. The summed E-state index contributed by atoms with van der Waals surface area (Å²) in [6.45, 7) is 7.27. The number of hydrogen-bond donors (Lipinski definition) is 3. The Bertz CT molecular complexity index is 894. The lowest BCUT2D eigenvalue weighted by molar-refractivity contribution is -0.00160. The third-order valence-corrected chi connectivity index (χ3v) is 7.10. The van der Waals surface area contributed by atoms with E-state index in [1.54, 1.807) is 0 Å². The Morgan fingerprint density at radius 3 is 2.24 bits per heavy atom. The second-order valence-corrected chi connectivity index (χ2v) is 9.49. The lowest BCUT2D eigenvalue weighted by Gasteiger charge is -2.42. The Kier molecular flexibility index (Phi) is 8.48. The number of aromatic nitrogens is 2. The van der Waals surface area contributed by atoms with Gasteiger partial charge >= 0.3 is 6.09 Å². The highest BCUT2D eigenvalue weighted by atomic mass is 16.5. The van der Waals surface area contributed by atoms with E-state index >= 15 is 0 Å². The van der Waals surface area contributed by atoms with Crippen molar-refractivity contribution in [3.05, 3.63) is 59.2 Å². The maximum atomic E-state index is 10.8. The fraction of sp³-hybridized carbons (Fsp3) is 0.577. The fourth-order valence-electron chi connectivity index (χ4n) is 5.37. The first-order valence-corrected chi connectivity index (χ1v) is 12.4. The molecule has 0 aromatic carbocycles. The number of ether oxygens (including phenoxy) is 1. The fourth-order valence-corrected chi connectivity index (χ4v) is 5.37. The van der Waals surface area contributed by atoms with Gasteiger partial charge in [-0.3, -0.25) is 14.9 Å². The molecule has 1 amide bonds. The van der Waals surface area contributed by atoms with Crippen LogP contribution in [0.5, 0.6) is 0 Å². The minimum Gasteiger partial charge on any atom is -0.465 e. The van der Waals surface area contributed by atoms with Gasteiger partial charge < -0.3 is 20.5 Å². The van der Waals surface area contributed by atoms with Crippen molar-refractivity contribution in [3.8, 4) is 0 Å². The molecule has 8 nitrogen and oxygen atoms in total. The molecule has 0 spiro atoms. The van der Waals surface area contributed by atoms with Crippen LogP contribution in [0.15, 0.2) is 36.7 Å². The Labute approximate surface area is 202 Å². The van der Waals surface area contributed by atoms with Crippen LogP contribution < -0.4 is 10.6 Å². The number of piperidine rings is 1. The van der Waals surface area contributed by atoms with Crippen LogP contribution in [-0.4, -0.2) is 64.5 Å². The summed E-state index contributed by atoms with van der Waals surface area (Å²) in [5.74, 6) is 0. The normalized spacial score (nSPS) is 25.7. The van der Waals surface area contributed by atoms with Gasteiger partial charge in [0.15, 0.2) is 0 Å². The molecule has 2 fully saturated rings. The highest BCUT2D eigenvalue weighted by molar-refractivity contribution is 5.64. The molecular formula is C26H37N5O3. The van der Waals surface area contributed by atoms with E-state index in [2.05, 4.69) is 41.5 Å². The number of hydrogen-bond acceptors (Lipinski definition) is 6. The number of pyridine rings is 2. The molecule has 2 aliphatic heterocycles. The van der Waals surface area contributed by atoms with Gasteiger partial charge in [-0.2, -0.15) is 0 Å². The summed E-state index contributed by atoms with van der Waals surface area (Å²) in [5, 5.41) is 15.0. The Balaban J connectivity index is 1.40. The maximum absolute atomic E-state index is 10.8. The molecule has 34 heavy (non-hydrogen) atoms. The van der Waals surface area contributed by atoms with Crippen molar-refractivity contribution >= 4 is 6.09 Å². The predicted octanol–water partition coefficient (Wildman–Crippen LogP) is 3.77. The SMILES string of the molecule is Cc1cccnc1[C@H]1CCC[C@@H](c2ncccc2C)N1CCNC[C@@H]1CC[C@@H](NC(=O)O)CO1. The number of amides is 1. The third-order valence-electron chi connectivity index (χ3n) is 7.10. The van der Waals surface area contributed by atoms with E-state index in [4.69, 9.17) is 19.8 Å². The van der Waals surface area contributed by atoms with E-state index < -0.39 is 6.09 Å². The van der Waals surface area contributed by atoms with E-state index in [0.29, 0.717) is 6.61 Å². The van der Waals surface area contributed by atoms with Crippen LogP contribution >= 0.6 is 0 Å². The van der Waals surface area contributed by atoms with E-state index in [0.717, 1.165) is 51.7 Å². The van der Waals surface area contributed by atoms with E-state index in [1.807, 2.05) is 24.5 Å². The van der Waals surface area contributed by atoms with Crippen LogP contribution in [0.1, 0.15) is 66.7 Å². The molecule has 2 aromatic heterocycles. The molecule has 2 aromatic rings. The lowest BCUT2D eigenvalue weighted by atomic mass is 9.89. The lowest BCUT2D eigenvalue weighted by Crippen LogP contribution is -2.46. The van der Waals surface area contributed by atoms with Crippen LogP contribution in [0.4, 0.5) is 4.79 Å². The number of carbonyl (C=O) groups is 1. The molecule has 4 heterocycles. The summed E-state index contributed by atoms with van der Waals surface area (Å²) in [7, 11) is 0. The average molecular weight is 468 g/mol. The number of likely N-dealkylation sites (tertiary alicyclic amines) is 1. The molecule has 4 rings (SSSR count). The standard InChI is InChI=1S/C26H37N5O3/c1-18-6-4-12-28-24(18)22-8-3-9-23(25-19(2)7-5-13-29-25)31(22)15-14-27-16-21-11-10-20(17-34-21)30-26(32)33/h4-7,12-13,20-23,27,30H,3,8-11,14-17H2,1-2H3,(H,32,33)/t20-,21+,22-,23+/m1/s1.